The molecule has 3 rings (SSSR count). The zero-order chi connectivity index (χ0) is 24.0. The van der Waals surface area contributed by atoms with Crippen LogP contribution in [0.15, 0.2) is 48.5 Å². The molecule has 2 N–H and O–H groups in total. The maximum Gasteiger partial charge on any atom is 0.326 e. The number of aliphatic carboxylic acids is 1. The summed E-state index contributed by atoms with van der Waals surface area (Å²) in [5.74, 6) is -3.01. The topological polar surface area (TPSA) is 107 Å². The summed E-state index contributed by atoms with van der Waals surface area (Å²) in [5, 5.41) is 12.4. The SMILES string of the molecule is CCCN(CCC)c1ccc(NC(=O)CC[C@@H](C(=O)O)N2C(=O)c3ccccc3C2=O)cc1. The number of amides is 3. The molecular weight excluding hydrogens is 422 g/mol. The predicted octanol–water partition coefficient (Wildman–Crippen LogP) is 3.78. The van der Waals surface area contributed by atoms with Crippen molar-refractivity contribution < 1.29 is 24.3 Å². The van der Waals surface area contributed by atoms with Crippen molar-refractivity contribution in [2.45, 2.75) is 45.6 Å². The number of carboxylic acid groups (broad SMARTS) is 1. The van der Waals surface area contributed by atoms with Crippen LogP contribution in [0.25, 0.3) is 0 Å². The summed E-state index contributed by atoms with van der Waals surface area (Å²) in [7, 11) is 0. The molecule has 8 heteroatoms. The summed E-state index contributed by atoms with van der Waals surface area (Å²) in [6, 6.07) is 12.3. The molecule has 0 aliphatic carbocycles. The van der Waals surface area contributed by atoms with E-state index in [1.165, 1.54) is 12.1 Å². The third-order valence-electron chi connectivity index (χ3n) is 5.57. The molecule has 0 bridgehead atoms. The highest BCUT2D eigenvalue weighted by Gasteiger charge is 2.42. The maximum absolute atomic E-state index is 12.6. The highest BCUT2D eigenvalue weighted by molar-refractivity contribution is 6.22. The normalized spacial score (nSPS) is 13.6. The van der Waals surface area contributed by atoms with E-state index in [-0.39, 0.29) is 29.9 Å². The summed E-state index contributed by atoms with van der Waals surface area (Å²) >= 11 is 0. The van der Waals surface area contributed by atoms with Crippen LogP contribution in [0.5, 0.6) is 0 Å². The summed E-state index contributed by atoms with van der Waals surface area (Å²) in [6.07, 6.45) is 1.75. The number of carboxylic acids is 1. The molecule has 0 spiro atoms. The van der Waals surface area contributed by atoms with Crippen molar-refractivity contribution in [2.75, 3.05) is 23.3 Å². The van der Waals surface area contributed by atoms with Crippen LogP contribution in [0.2, 0.25) is 0 Å². The van der Waals surface area contributed by atoms with Crippen molar-refractivity contribution in [1.29, 1.82) is 0 Å². The summed E-state index contributed by atoms with van der Waals surface area (Å²) in [5.41, 5.74) is 2.04. The van der Waals surface area contributed by atoms with Gasteiger partial charge in [0.25, 0.3) is 11.8 Å². The summed E-state index contributed by atoms with van der Waals surface area (Å²) < 4.78 is 0. The molecule has 0 aromatic heterocycles. The minimum atomic E-state index is -1.41. The zero-order valence-corrected chi connectivity index (χ0v) is 18.9. The van der Waals surface area contributed by atoms with Crippen LogP contribution < -0.4 is 10.2 Å². The van der Waals surface area contributed by atoms with E-state index < -0.39 is 23.8 Å². The van der Waals surface area contributed by atoms with Gasteiger partial charge in [-0.05, 0) is 55.7 Å². The van der Waals surface area contributed by atoms with Crippen molar-refractivity contribution in [1.82, 2.24) is 4.90 Å². The number of carbonyl (C=O) groups is 4. The van der Waals surface area contributed by atoms with Gasteiger partial charge in [-0.25, -0.2) is 4.79 Å². The Morgan fingerprint density at radius 1 is 0.939 bits per heavy atom. The van der Waals surface area contributed by atoms with Gasteiger partial charge in [-0.1, -0.05) is 26.0 Å². The molecule has 3 amide bonds. The average molecular weight is 452 g/mol. The molecule has 1 heterocycles. The second kappa shape index (κ2) is 10.8. The molecule has 1 atom stereocenters. The van der Waals surface area contributed by atoms with Crippen molar-refractivity contribution in [3.8, 4) is 0 Å². The first-order valence-electron chi connectivity index (χ1n) is 11.2. The molecule has 0 saturated carbocycles. The molecule has 2 aromatic rings. The number of benzene rings is 2. The molecule has 1 aliphatic heterocycles. The second-order valence-electron chi connectivity index (χ2n) is 8.00. The third-order valence-corrected chi connectivity index (χ3v) is 5.57. The van der Waals surface area contributed by atoms with E-state index >= 15 is 0 Å². The van der Waals surface area contributed by atoms with E-state index in [0.717, 1.165) is 36.5 Å². The summed E-state index contributed by atoms with van der Waals surface area (Å²) in [6.45, 7) is 6.16. The first-order valence-corrected chi connectivity index (χ1v) is 11.2. The lowest BCUT2D eigenvalue weighted by Crippen LogP contribution is -2.45. The Morgan fingerprint density at radius 2 is 1.48 bits per heavy atom. The Bertz CT molecular complexity index is 994. The van der Waals surface area contributed by atoms with Crippen LogP contribution in [-0.4, -0.2) is 52.8 Å². The van der Waals surface area contributed by atoms with Gasteiger partial charge in [0.05, 0.1) is 11.1 Å². The third kappa shape index (κ3) is 5.39. The van der Waals surface area contributed by atoms with E-state index in [2.05, 4.69) is 24.1 Å². The number of hydrogen-bond acceptors (Lipinski definition) is 5. The highest BCUT2D eigenvalue weighted by atomic mass is 16.4. The Hall–Kier alpha value is -3.68. The van der Waals surface area contributed by atoms with Crippen LogP contribution >= 0.6 is 0 Å². The van der Waals surface area contributed by atoms with E-state index in [1.54, 1.807) is 12.1 Å². The minimum absolute atomic E-state index is 0.149. The minimum Gasteiger partial charge on any atom is -0.480 e. The standard InChI is InChI=1S/C25H29N3O5/c1-3-15-27(16-4-2)18-11-9-17(10-12-18)26-22(29)14-13-21(25(32)33)28-23(30)19-7-5-6-8-20(19)24(28)31/h5-12,21H,3-4,13-16H2,1-2H3,(H,26,29)(H,32,33)/t21-/m0/s1. The summed E-state index contributed by atoms with van der Waals surface area (Å²) in [4.78, 5) is 52.5. The van der Waals surface area contributed by atoms with Gasteiger partial charge in [0, 0.05) is 30.9 Å². The quantitative estimate of drug-likeness (QED) is 0.504. The molecule has 2 aromatic carbocycles. The maximum atomic E-state index is 12.6. The zero-order valence-electron chi connectivity index (χ0n) is 18.9. The van der Waals surface area contributed by atoms with Gasteiger partial charge in [0.1, 0.15) is 6.04 Å². The predicted molar refractivity (Wildman–Crippen MR) is 125 cm³/mol. The van der Waals surface area contributed by atoms with E-state index in [4.69, 9.17) is 0 Å². The first kappa shape index (κ1) is 24.0. The second-order valence-corrected chi connectivity index (χ2v) is 8.00. The van der Waals surface area contributed by atoms with Crippen molar-refractivity contribution in [2.24, 2.45) is 0 Å². The van der Waals surface area contributed by atoms with Gasteiger partial charge in [0.2, 0.25) is 5.91 Å². The number of nitrogens with one attached hydrogen (secondary N) is 1. The van der Waals surface area contributed by atoms with Crippen molar-refractivity contribution in [3.05, 3.63) is 59.7 Å². The molecule has 174 valence electrons. The molecule has 1 aliphatic rings. The Morgan fingerprint density at radius 3 is 1.97 bits per heavy atom. The fraction of sp³-hybridized carbons (Fsp3) is 0.360. The van der Waals surface area contributed by atoms with Crippen LogP contribution in [-0.2, 0) is 9.59 Å². The van der Waals surface area contributed by atoms with E-state index in [1.807, 2.05) is 24.3 Å². The van der Waals surface area contributed by atoms with E-state index in [9.17, 15) is 24.3 Å². The van der Waals surface area contributed by atoms with Crippen LogP contribution in [0.3, 0.4) is 0 Å². The number of anilines is 2. The number of hydrogen-bond donors (Lipinski definition) is 2. The number of carbonyl (C=O) groups excluding carboxylic acids is 3. The van der Waals surface area contributed by atoms with Crippen LogP contribution in [0, 0.1) is 0 Å². The Kier molecular flexibility index (Phi) is 7.82. The lowest BCUT2D eigenvalue weighted by Gasteiger charge is -2.24. The highest BCUT2D eigenvalue weighted by Crippen LogP contribution is 2.26. The fourth-order valence-corrected chi connectivity index (χ4v) is 4.01. The van der Waals surface area contributed by atoms with Gasteiger partial charge in [-0.15, -0.1) is 0 Å². The van der Waals surface area contributed by atoms with E-state index in [0.29, 0.717) is 5.69 Å². The lowest BCUT2D eigenvalue weighted by atomic mass is 10.1. The first-order chi connectivity index (χ1) is 15.9. The number of imide groups is 1. The van der Waals surface area contributed by atoms with Gasteiger partial charge >= 0.3 is 5.97 Å². The monoisotopic (exact) mass is 451 g/mol. The fourth-order valence-electron chi connectivity index (χ4n) is 4.01. The molecule has 8 nitrogen and oxygen atoms in total. The Balaban J connectivity index is 1.62. The average Bonchev–Trinajstić information content (AvgIpc) is 3.05. The van der Waals surface area contributed by atoms with Crippen molar-refractivity contribution in [3.63, 3.8) is 0 Å². The van der Waals surface area contributed by atoms with Gasteiger partial charge in [-0.2, -0.15) is 0 Å². The molecule has 0 radical (unpaired) electrons. The lowest BCUT2D eigenvalue weighted by molar-refractivity contribution is -0.141. The molecule has 33 heavy (non-hydrogen) atoms. The van der Waals surface area contributed by atoms with Crippen LogP contribution in [0.4, 0.5) is 11.4 Å². The Labute approximate surface area is 193 Å². The molecular formula is C25H29N3O5. The molecule has 0 saturated heterocycles. The number of fused-ring (bicyclic) bond motifs is 1. The number of nitrogens with zero attached hydrogens (tertiary/aromatic N) is 2. The number of rotatable bonds is 11. The van der Waals surface area contributed by atoms with Gasteiger partial charge < -0.3 is 15.3 Å². The largest absolute Gasteiger partial charge is 0.480 e. The van der Waals surface area contributed by atoms with Crippen molar-refractivity contribution >= 4 is 35.1 Å². The van der Waals surface area contributed by atoms with Gasteiger partial charge in [-0.3, -0.25) is 19.3 Å². The van der Waals surface area contributed by atoms with Crippen LogP contribution in [0.1, 0.15) is 60.2 Å². The van der Waals surface area contributed by atoms with Gasteiger partial charge in [0.15, 0.2) is 0 Å². The smallest absolute Gasteiger partial charge is 0.326 e. The molecule has 0 unspecified atom stereocenters. The molecule has 0 fully saturated rings.